The minimum absolute atomic E-state index is 0.0106. The van der Waals surface area contributed by atoms with Gasteiger partial charge in [-0.2, -0.15) is 4.39 Å². The van der Waals surface area contributed by atoms with Crippen LogP contribution in [0.4, 0.5) is 13.2 Å². The third kappa shape index (κ3) is 3.83. The maximum Gasteiger partial charge on any atom is 0.335 e. The Morgan fingerprint density at radius 3 is 2.15 bits per heavy atom. The van der Waals surface area contributed by atoms with Gasteiger partial charge in [0.15, 0.2) is 23.1 Å². The number of halogens is 3. The van der Waals surface area contributed by atoms with E-state index in [1.165, 1.54) is 13.0 Å². The first-order valence-electron chi connectivity index (χ1n) is 7.25. The molecule has 0 amide bonds. The van der Waals surface area contributed by atoms with Gasteiger partial charge in [-0.3, -0.25) is 0 Å². The molecule has 26 heavy (non-hydrogen) atoms. The first-order chi connectivity index (χ1) is 12.3. The molecule has 0 atom stereocenters. The molecular formula is C19H13F3O4. The first kappa shape index (κ1) is 19.0. The van der Waals surface area contributed by atoms with Crippen LogP contribution in [0.2, 0.25) is 0 Å². The van der Waals surface area contributed by atoms with Crippen LogP contribution in [0.15, 0.2) is 49.6 Å². The molecule has 2 rings (SSSR count). The van der Waals surface area contributed by atoms with Gasteiger partial charge < -0.3 is 9.47 Å². The standard InChI is InChI=1S/C19H13F3O4/c1-4-15(23)25-14-7-6-12(17(21)18(14)22)11-8-10(3)19(13(20)9-11)26-16(24)5-2/h4-9H,1-2H2,3H3. The van der Waals surface area contributed by atoms with Gasteiger partial charge in [0.2, 0.25) is 5.82 Å². The van der Waals surface area contributed by atoms with Crippen molar-refractivity contribution >= 4 is 11.9 Å². The zero-order chi connectivity index (χ0) is 19.4. The number of ether oxygens (including phenoxy) is 2. The van der Waals surface area contributed by atoms with E-state index in [0.29, 0.717) is 0 Å². The average molecular weight is 362 g/mol. The summed E-state index contributed by atoms with van der Waals surface area (Å²) in [5.41, 5.74) is -0.0573. The highest BCUT2D eigenvalue weighted by molar-refractivity contribution is 5.84. The van der Waals surface area contributed by atoms with E-state index in [9.17, 15) is 22.8 Å². The third-order valence-corrected chi connectivity index (χ3v) is 3.33. The molecule has 0 aliphatic carbocycles. The SMILES string of the molecule is C=CC(=O)Oc1ccc(-c2cc(C)c(OC(=O)C=C)c(F)c2)c(F)c1F. The number of esters is 2. The van der Waals surface area contributed by atoms with Crippen molar-refractivity contribution < 1.29 is 32.2 Å². The molecule has 0 spiro atoms. The number of benzene rings is 2. The number of hydrogen-bond acceptors (Lipinski definition) is 4. The molecule has 0 fully saturated rings. The lowest BCUT2D eigenvalue weighted by Gasteiger charge is -2.12. The number of carbonyl (C=O) groups is 2. The zero-order valence-corrected chi connectivity index (χ0v) is 13.6. The van der Waals surface area contributed by atoms with Crippen molar-refractivity contribution in [2.75, 3.05) is 0 Å². The largest absolute Gasteiger partial charge is 0.420 e. The van der Waals surface area contributed by atoms with Gasteiger partial charge in [0.05, 0.1) is 0 Å². The molecule has 0 N–H and O–H groups in total. The molecule has 0 aliphatic rings. The van der Waals surface area contributed by atoms with Gasteiger partial charge >= 0.3 is 11.9 Å². The Hall–Kier alpha value is -3.35. The van der Waals surface area contributed by atoms with Crippen LogP contribution in [0.5, 0.6) is 11.5 Å². The highest BCUT2D eigenvalue weighted by atomic mass is 19.2. The van der Waals surface area contributed by atoms with Crippen LogP contribution in [0.25, 0.3) is 11.1 Å². The molecule has 2 aromatic rings. The van der Waals surface area contributed by atoms with Crippen molar-refractivity contribution in [1.82, 2.24) is 0 Å². The fourth-order valence-corrected chi connectivity index (χ4v) is 2.14. The molecule has 0 aromatic heterocycles. The monoisotopic (exact) mass is 362 g/mol. The van der Waals surface area contributed by atoms with Crippen LogP contribution in [0.3, 0.4) is 0 Å². The summed E-state index contributed by atoms with van der Waals surface area (Å²) in [5.74, 6) is -6.43. The summed E-state index contributed by atoms with van der Waals surface area (Å²) in [7, 11) is 0. The summed E-state index contributed by atoms with van der Waals surface area (Å²) < 4.78 is 52.0. The Morgan fingerprint density at radius 2 is 1.58 bits per heavy atom. The van der Waals surface area contributed by atoms with Crippen molar-refractivity contribution in [3.8, 4) is 22.6 Å². The highest BCUT2D eigenvalue weighted by Gasteiger charge is 2.20. The van der Waals surface area contributed by atoms with Gasteiger partial charge in [0, 0.05) is 17.7 Å². The van der Waals surface area contributed by atoms with Crippen LogP contribution >= 0.6 is 0 Å². The summed E-state index contributed by atoms with van der Waals surface area (Å²) in [6.07, 6.45) is 1.67. The van der Waals surface area contributed by atoms with Gasteiger partial charge in [0.25, 0.3) is 0 Å². The van der Waals surface area contributed by atoms with Crippen LogP contribution < -0.4 is 9.47 Å². The Bertz CT molecular complexity index is 896. The summed E-state index contributed by atoms with van der Waals surface area (Å²) in [6.45, 7) is 7.80. The van der Waals surface area contributed by atoms with Crippen LogP contribution in [0.1, 0.15) is 5.56 Å². The summed E-state index contributed by atoms with van der Waals surface area (Å²) >= 11 is 0. The minimum atomic E-state index is -1.40. The Balaban J connectivity index is 2.47. The maximum absolute atomic E-state index is 14.3. The maximum atomic E-state index is 14.3. The van der Waals surface area contributed by atoms with Gasteiger partial charge in [0.1, 0.15) is 0 Å². The van der Waals surface area contributed by atoms with Crippen molar-refractivity contribution in [3.63, 3.8) is 0 Å². The van der Waals surface area contributed by atoms with Crippen molar-refractivity contribution in [1.29, 1.82) is 0 Å². The van der Waals surface area contributed by atoms with Gasteiger partial charge in [-0.1, -0.05) is 13.2 Å². The zero-order valence-electron chi connectivity index (χ0n) is 13.6. The summed E-state index contributed by atoms with van der Waals surface area (Å²) in [5, 5.41) is 0. The summed E-state index contributed by atoms with van der Waals surface area (Å²) in [4.78, 5) is 22.3. The second-order valence-electron chi connectivity index (χ2n) is 5.09. The van der Waals surface area contributed by atoms with Crippen molar-refractivity contribution in [2.24, 2.45) is 0 Å². The van der Waals surface area contributed by atoms with E-state index in [1.807, 2.05) is 0 Å². The van der Waals surface area contributed by atoms with E-state index >= 15 is 0 Å². The molecule has 0 bridgehead atoms. The van der Waals surface area contributed by atoms with Crippen molar-refractivity contribution in [2.45, 2.75) is 6.92 Å². The fraction of sp³-hybridized carbons (Fsp3) is 0.0526. The normalized spacial score (nSPS) is 10.2. The molecular weight excluding hydrogens is 349 g/mol. The number of aryl methyl sites for hydroxylation is 1. The summed E-state index contributed by atoms with van der Waals surface area (Å²) in [6, 6.07) is 4.38. The minimum Gasteiger partial charge on any atom is -0.420 e. The Kier molecular flexibility index (Phi) is 5.61. The molecule has 2 aromatic carbocycles. The highest BCUT2D eigenvalue weighted by Crippen LogP contribution is 2.34. The quantitative estimate of drug-likeness (QED) is 0.453. The third-order valence-electron chi connectivity index (χ3n) is 3.33. The predicted molar refractivity (Wildman–Crippen MR) is 88.2 cm³/mol. The molecule has 134 valence electrons. The van der Waals surface area contributed by atoms with E-state index in [0.717, 1.165) is 30.4 Å². The smallest absolute Gasteiger partial charge is 0.335 e. The molecule has 0 radical (unpaired) electrons. The Morgan fingerprint density at radius 1 is 0.962 bits per heavy atom. The molecule has 0 saturated carbocycles. The fourth-order valence-electron chi connectivity index (χ4n) is 2.14. The van der Waals surface area contributed by atoms with Crippen LogP contribution in [-0.2, 0) is 9.59 Å². The first-order valence-corrected chi connectivity index (χ1v) is 7.25. The average Bonchev–Trinajstić information content (AvgIpc) is 2.61. The number of hydrogen-bond donors (Lipinski definition) is 0. The Labute approximate surface area is 147 Å². The van der Waals surface area contributed by atoms with E-state index in [2.05, 4.69) is 17.9 Å². The van der Waals surface area contributed by atoms with Gasteiger partial charge in [-0.25, -0.2) is 18.4 Å². The number of carbonyl (C=O) groups excluding carboxylic acids is 2. The second-order valence-corrected chi connectivity index (χ2v) is 5.09. The molecule has 4 nitrogen and oxygen atoms in total. The van der Waals surface area contributed by atoms with E-state index in [-0.39, 0.29) is 22.4 Å². The van der Waals surface area contributed by atoms with Gasteiger partial charge in [-0.05, 0) is 42.3 Å². The topological polar surface area (TPSA) is 52.6 Å². The second kappa shape index (κ2) is 7.69. The molecule has 7 heteroatoms. The molecule has 0 heterocycles. The van der Waals surface area contributed by atoms with Crippen molar-refractivity contribution in [3.05, 3.63) is 72.6 Å². The lowest BCUT2D eigenvalue weighted by Crippen LogP contribution is -2.07. The molecule has 0 saturated heterocycles. The number of rotatable bonds is 5. The lowest BCUT2D eigenvalue weighted by molar-refractivity contribution is -0.130. The van der Waals surface area contributed by atoms with E-state index in [1.54, 1.807) is 0 Å². The molecule has 0 unspecified atom stereocenters. The molecule has 0 aliphatic heterocycles. The van der Waals surface area contributed by atoms with Crippen LogP contribution in [-0.4, -0.2) is 11.9 Å². The van der Waals surface area contributed by atoms with E-state index < -0.39 is 35.1 Å². The van der Waals surface area contributed by atoms with Crippen LogP contribution in [0, 0.1) is 24.4 Å². The van der Waals surface area contributed by atoms with E-state index in [4.69, 9.17) is 4.74 Å². The van der Waals surface area contributed by atoms with Gasteiger partial charge in [-0.15, -0.1) is 0 Å². The predicted octanol–water partition coefficient (Wildman–Crippen LogP) is 4.26. The lowest BCUT2D eigenvalue weighted by atomic mass is 10.0.